The van der Waals surface area contributed by atoms with Gasteiger partial charge in [0.2, 0.25) is 0 Å². The quantitative estimate of drug-likeness (QED) is 0.694. The van der Waals surface area contributed by atoms with Gasteiger partial charge in [-0.3, -0.25) is 4.98 Å². The Hall–Kier alpha value is -1.02. The van der Waals surface area contributed by atoms with Gasteiger partial charge in [-0.1, -0.05) is 25.1 Å². The third kappa shape index (κ3) is 3.38. The Labute approximate surface area is 89.9 Å². The van der Waals surface area contributed by atoms with Crippen LogP contribution >= 0.6 is 11.8 Å². The molecule has 14 heavy (non-hydrogen) atoms. The van der Waals surface area contributed by atoms with Crippen molar-refractivity contribution in [2.75, 3.05) is 5.75 Å². The number of aromatic nitrogens is 1. The molecule has 1 heterocycles. The van der Waals surface area contributed by atoms with E-state index in [4.69, 9.17) is 0 Å². The first kappa shape index (κ1) is 11.1. The van der Waals surface area contributed by atoms with Gasteiger partial charge in [-0.25, -0.2) is 0 Å². The van der Waals surface area contributed by atoms with Crippen molar-refractivity contribution in [3.8, 4) is 0 Å². The molecule has 0 unspecified atom stereocenters. The van der Waals surface area contributed by atoms with Gasteiger partial charge in [-0.15, -0.1) is 11.8 Å². The van der Waals surface area contributed by atoms with Gasteiger partial charge in [0.1, 0.15) is 0 Å². The first-order valence-corrected chi connectivity index (χ1v) is 5.74. The summed E-state index contributed by atoms with van der Waals surface area (Å²) in [5.74, 6) is 1.07. The highest BCUT2D eigenvalue weighted by atomic mass is 32.2. The summed E-state index contributed by atoms with van der Waals surface area (Å²) < 4.78 is 0. The second-order valence-electron chi connectivity index (χ2n) is 2.70. The molecule has 0 bridgehead atoms. The predicted molar refractivity (Wildman–Crippen MR) is 65.2 cm³/mol. The van der Waals surface area contributed by atoms with E-state index in [2.05, 4.69) is 18.0 Å². The minimum Gasteiger partial charge on any atom is -0.256 e. The maximum atomic E-state index is 4.33. The fraction of sp³-hybridized carbons (Fsp3) is 0.250. The first-order valence-electron chi connectivity index (χ1n) is 4.75. The molecule has 0 amide bonds. The Morgan fingerprint density at radius 1 is 1.50 bits per heavy atom. The molecular weight excluding hydrogens is 190 g/mol. The molecule has 0 saturated heterocycles. The molecule has 0 radical (unpaired) electrons. The van der Waals surface area contributed by atoms with Gasteiger partial charge >= 0.3 is 0 Å². The monoisotopic (exact) mass is 205 g/mol. The average molecular weight is 205 g/mol. The Morgan fingerprint density at radius 2 is 2.36 bits per heavy atom. The zero-order chi connectivity index (χ0) is 10.2. The van der Waals surface area contributed by atoms with Gasteiger partial charge in [-0.2, -0.15) is 0 Å². The van der Waals surface area contributed by atoms with Gasteiger partial charge in [0.15, 0.2) is 0 Å². The lowest BCUT2D eigenvalue weighted by Crippen LogP contribution is -1.84. The topological polar surface area (TPSA) is 12.9 Å². The summed E-state index contributed by atoms with van der Waals surface area (Å²) in [6, 6.07) is 5.99. The standard InChI is InChI=1S/C12H15NS/c1-3-5-9-12(14-4-2)11-8-6-7-10-13-11/h3,5-10H,4H2,1-2H3/b5-3+,12-9-. The summed E-state index contributed by atoms with van der Waals surface area (Å²) in [6.07, 6.45) is 8.01. The van der Waals surface area contributed by atoms with Gasteiger partial charge in [0, 0.05) is 11.1 Å². The van der Waals surface area contributed by atoms with Crippen molar-refractivity contribution in [3.05, 3.63) is 48.3 Å². The zero-order valence-corrected chi connectivity index (χ0v) is 9.42. The maximum Gasteiger partial charge on any atom is 0.0765 e. The summed E-state index contributed by atoms with van der Waals surface area (Å²) >= 11 is 1.82. The lowest BCUT2D eigenvalue weighted by atomic mass is 10.3. The van der Waals surface area contributed by atoms with E-state index in [1.807, 2.05) is 55.2 Å². The van der Waals surface area contributed by atoms with E-state index < -0.39 is 0 Å². The number of rotatable bonds is 4. The molecule has 0 saturated carbocycles. The zero-order valence-electron chi connectivity index (χ0n) is 8.60. The van der Waals surface area contributed by atoms with Crippen LogP contribution in [0.25, 0.3) is 4.91 Å². The number of pyridine rings is 1. The minimum absolute atomic E-state index is 1.05. The van der Waals surface area contributed by atoms with E-state index in [1.54, 1.807) is 0 Å². The van der Waals surface area contributed by atoms with Crippen LogP contribution < -0.4 is 0 Å². The van der Waals surface area contributed by atoms with Crippen LogP contribution in [0.4, 0.5) is 0 Å². The van der Waals surface area contributed by atoms with Crippen molar-refractivity contribution in [3.63, 3.8) is 0 Å². The van der Waals surface area contributed by atoms with Crippen LogP contribution in [0.1, 0.15) is 19.5 Å². The van der Waals surface area contributed by atoms with Gasteiger partial charge in [0.05, 0.1) is 5.69 Å². The van der Waals surface area contributed by atoms with Crippen LogP contribution in [0.2, 0.25) is 0 Å². The third-order valence-corrected chi connectivity index (χ3v) is 2.60. The van der Waals surface area contributed by atoms with E-state index in [0.29, 0.717) is 0 Å². The molecule has 74 valence electrons. The fourth-order valence-corrected chi connectivity index (χ4v) is 1.81. The molecule has 0 aliphatic carbocycles. The predicted octanol–water partition coefficient (Wildman–Crippen LogP) is 3.75. The third-order valence-electron chi connectivity index (χ3n) is 1.66. The Kier molecular flexibility index (Phi) is 5.08. The van der Waals surface area contributed by atoms with Crippen LogP contribution in [0.5, 0.6) is 0 Å². The fourth-order valence-electron chi connectivity index (χ4n) is 1.06. The van der Waals surface area contributed by atoms with Crippen molar-refractivity contribution in [2.24, 2.45) is 0 Å². The van der Waals surface area contributed by atoms with Crippen molar-refractivity contribution in [2.45, 2.75) is 13.8 Å². The molecule has 1 rings (SSSR count). The number of hydrogen-bond acceptors (Lipinski definition) is 2. The minimum atomic E-state index is 1.05. The van der Waals surface area contributed by atoms with Crippen LogP contribution in [-0.2, 0) is 0 Å². The maximum absolute atomic E-state index is 4.33. The molecule has 0 atom stereocenters. The summed E-state index contributed by atoms with van der Waals surface area (Å²) in [7, 11) is 0. The van der Waals surface area contributed by atoms with Gasteiger partial charge < -0.3 is 0 Å². The second kappa shape index (κ2) is 6.44. The van der Waals surface area contributed by atoms with Crippen molar-refractivity contribution in [1.82, 2.24) is 4.98 Å². The van der Waals surface area contributed by atoms with Crippen molar-refractivity contribution in [1.29, 1.82) is 0 Å². The number of hydrogen-bond donors (Lipinski definition) is 0. The molecule has 0 aliphatic rings. The molecule has 0 aliphatic heterocycles. The molecule has 0 fully saturated rings. The van der Waals surface area contributed by atoms with E-state index in [-0.39, 0.29) is 0 Å². The average Bonchev–Trinajstić information content (AvgIpc) is 2.25. The Morgan fingerprint density at radius 3 is 2.93 bits per heavy atom. The second-order valence-corrected chi connectivity index (χ2v) is 4.01. The Bertz CT molecular complexity index is 314. The lowest BCUT2D eigenvalue weighted by molar-refractivity contribution is 1.29. The normalized spacial score (nSPS) is 12.3. The van der Waals surface area contributed by atoms with Crippen molar-refractivity contribution < 1.29 is 0 Å². The highest BCUT2D eigenvalue weighted by molar-refractivity contribution is 8.08. The van der Waals surface area contributed by atoms with Crippen LogP contribution in [-0.4, -0.2) is 10.7 Å². The van der Waals surface area contributed by atoms with E-state index >= 15 is 0 Å². The number of allylic oxidation sites excluding steroid dienone is 3. The molecule has 1 aromatic heterocycles. The van der Waals surface area contributed by atoms with Crippen molar-refractivity contribution >= 4 is 16.7 Å². The SMILES string of the molecule is C/C=C/C=C(\SCC)c1ccccn1. The highest BCUT2D eigenvalue weighted by Crippen LogP contribution is 2.25. The molecule has 0 N–H and O–H groups in total. The first-order chi connectivity index (χ1) is 6.88. The summed E-state index contributed by atoms with van der Waals surface area (Å²) in [5.41, 5.74) is 1.05. The molecule has 1 aromatic rings. The number of thioether (sulfide) groups is 1. The highest BCUT2D eigenvalue weighted by Gasteiger charge is 1.99. The van der Waals surface area contributed by atoms with E-state index in [1.165, 1.54) is 4.91 Å². The van der Waals surface area contributed by atoms with Crippen LogP contribution in [0.3, 0.4) is 0 Å². The van der Waals surface area contributed by atoms with Gasteiger partial charge in [-0.05, 0) is 30.9 Å². The van der Waals surface area contributed by atoms with E-state index in [0.717, 1.165) is 11.4 Å². The lowest BCUT2D eigenvalue weighted by Gasteiger charge is -2.02. The molecule has 0 spiro atoms. The molecule has 2 heteroatoms. The molecule has 0 aromatic carbocycles. The number of nitrogens with zero attached hydrogens (tertiary/aromatic N) is 1. The smallest absolute Gasteiger partial charge is 0.0765 e. The largest absolute Gasteiger partial charge is 0.256 e. The summed E-state index contributed by atoms with van der Waals surface area (Å²) in [5, 5.41) is 0. The molecule has 1 nitrogen and oxygen atoms in total. The summed E-state index contributed by atoms with van der Waals surface area (Å²) in [4.78, 5) is 5.56. The summed E-state index contributed by atoms with van der Waals surface area (Å²) in [6.45, 7) is 4.17. The van der Waals surface area contributed by atoms with Crippen LogP contribution in [0, 0.1) is 0 Å². The van der Waals surface area contributed by atoms with E-state index in [9.17, 15) is 0 Å². The Balaban J connectivity index is 2.88. The molecular formula is C12H15NS. The van der Waals surface area contributed by atoms with Gasteiger partial charge in [0.25, 0.3) is 0 Å². The van der Waals surface area contributed by atoms with Crippen LogP contribution in [0.15, 0.2) is 42.6 Å².